The van der Waals surface area contributed by atoms with Gasteiger partial charge in [0.05, 0.1) is 18.5 Å². The van der Waals surface area contributed by atoms with Crippen molar-refractivity contribution in [2.75, 3.05) is 25.1 Å². The highest BCUT2D eigenvalue weighted by Crippen LogP contribution is 2.19. The molecule has 1 aromatic heterocycles. The summed E-state index contributed by atoms with van der Waals surface area (Å²) in [6, 6.07) is 0. The summed E-state index contributed by atoms with van der Waals surface area (Å²) >= 11 is 2.99. The molecule has 0 aliphatic heterocycles. The number of hydrogen-bond donors (Lipinski definition) is 1. The van der Waals surface area contributed by atoms with E-state index in [1.165, 1.54) is 6.20 Å². The van der Waals surface area contributed by atoms with Crippen molar-refractivity contribution >= 4 is 21.6 Å². The maximum absolute atomic E-state index is 12.3. The summed E-state index contributed by atoms with van der Waals surface area (Å²) < 4.78 is 42.5. The standard InChI is InChI=1S/C12H17BrF3N3O2/c1-8(2)6-21-4-3-17-9-5-18-19(7-12(14,15)16)11(20)10(9)13/h5,8,17H,3-4,6-7H2,1-2H3. The predicted molar refractivity (Wildman–Crippen MR) is 76.4 cm³/mol. The Kier molecular flexibility index (Phi) is 6.66. The van der Waals surface area contributed by atoms with Crippen molar-refractivity contribution in [3.8, 4) is 0 Å². The topological polar surface area (TPSA) is 56.1 Å². The third-order valence-electron chi connectivity index (χ3n) is 2.33. The van der Waals surface area contributed by atoms with E-state index >= 15 is 0 Å². The molecule has 1 N–H and O–H groups in total. The first-order chi connectivity index (χ1) is 9.70. The summed E-state index contributed by atoms with van der Waals surface area (Å²) in [4.78, 5) is 11.7. The average Bonchev–Trinajstić information content (AvgIpc) is 2.35. The minimum absolute atomic E-state index is 0.0191. The van der Waals surface area contributed by atoms with Crippen molar-refractivity contribution in [1.82, 2.24) is 9.78 Å². The fraction of sp³-hybridized carbons (Fsp3) is 0.667. The summed E-state index contributed by atoms with van der Waals surface area (Å²) in [6.07, 6.45) is -3.31. The maximum Gasteiger partial charge on any atom is 0.408 e. The van der Waals surface area contributed by atoms with Gasteiger partial charge in [-0.25, -0.2) is 4.68 Å². The Morgan fingerprint density at radius 3 is 2.71 bits per heavy atom. The van der Waals surface area contributed by atoms with Crippen molar-refractivity contribution in [2.24, 2.45) is 5.92 Å². The summed E-state index contributed by atoms with van der Waals surface area (Å²) in [5, 5.41) is 6.39. The second kappa shape index (κ2) is 7.79. The molecule has 120 valence electrons. The van der Waals surface area contributed by atoms with Gasteiger partial charge in [0.2, 0.25) is 0 Å². The Labute approximate surface area is 128 Å². The smallest absolute Gasteiger partial charge is 0.380 e. The van der Waals surface area contributed by atoms with E-state index in [-0.39, 0.29) is 4.47 Å². The van der Waals surface area contributed by atoms with E-state index in [1.807, 2.05) is 13.8 Å². The molecule has 0 aliphatic rings. The minimum atomic E-state index is -4.49. The molecule has 0 atom stereocenters. The van der Waals surface area contributed by atoms with Gasteiger partial charge < -0.3 is 10.1 Å². The fourth-order valence-corrected chi connectivity index (χ4v) is 1.89. The van der Waals surface area contributed by atoms with E-state index in [2.05, 4.69) is 26.3 Å². The van der Waals surface area contributed by atoms with Crippen LogP contribution in [0.4, 0.5) is 18.9 Å². The van der Waals surface area contributed by atoms with Gasteiger partial charge in [0.25, 0.3) is 5.56 Å². The lowest BCUT2D eigenvalue weighted by molar-refractivity contribution is -0.143. The van der Waals surface area contributed by atoms with Crippen molar-refractivity contribution < 1.29 is 17.9 Å². The lowest BCUT2D eigenvalue weighted by atomic mass is 10.2. The van der Waals surface area contributed by atoms with Crippen LogP contribution in [0.5, 0.6) is 0 Å². The number of anilines is 1. The van der Waals surface area contributed by atoms with Gasteiger partial charge in [0, 0.05) is 13.2 Å². The Balaban J connectivity index is 2.61. The predicted octanol–water partition coefficient (Wildman–Crippen LogP) is 2.65. The molecule has 0 saturated heterocycles. The maximum atomic E-state index is 12.3. The largest absolute Gasteiger partial charge is 0.408 e. The van der Waals surface area contributed by atoms with Crippen LogP contribution in [0.2, 0.25) is 0 Å². The van der Waals surface area contributed by atoms with Gasteiger partial charge >= 0.3 is 6.18 Å². The molecule has 5 nitrogen and oxygen atoms in total. The molecule has 0 aliphatic carbocycles. The molecule has 0 aromatic carbocycles. The number of hydrogen-bond acceptors (Lipinski definition) is 4. The molecular weight excluding hydrogens is 355 g/mol. The van der Waals surface area contributed by atoms with Gasteiger partial charge in [-0.3, -0.25) is 4.79 Å². The van der Waals surface area contributed by atoms with Crippen LogP contribution in [-0.2, 0) is 11.3 Å². The molecule has 0 bridgehead atoms. The quantitative estimate of drug-likeness (QED) is 0.748. The molecule has 9 heteroatoms. The lowest BCUT2D eigenvalue weighted by Crippen LogP contribution is -2.31. The van der Waals surface area contributed by atoms with Crippen molar-refractivity contribution in [3.05, 3.63) is 21.0 Å². The van der Waals surface area contributed by atoms with Crippen LogP contribution < -0.4 is 10.9 Å². The number of nitrogens with zero attached hydrogens (tertiary/aromatic N) is 2. The summed E-state index contributed by atoms with van der Waals surface area (Å²) in [6.45, 7) is 4.10. The third kappa shape index (κ3) is 6.47. The SMILES string of the molecule is CC(C)COCCNc1cnn(CC(F)(F)F)c(=O)c1Br. The summed E-state index contributed by atoms with van der Waals surface area (Å²) in [5.41, 5.74) is -0.494. The molecule has 1 heterocycles. The first kappa shape index (κ1) is 18.0. The number of alkyl halides is 3. The fourth-order valence-electron chi connectivity index (χ4n) is 1.45. The zero-order valence-corrected chi connectivity index (χ0v) is 13.3. The van der Waals surface area contributed by atoms with Crippen LogP contribution >= 0.6 is 15.9 Å². The first-order valence-electron chi connectivity index (χ1n) is 6.34. The Hall–Kier alpha value is -1.09. The normalized spacial score (nSPS) is 12.0. The van der Waals surface area contributed by atoms with Crippen molar-refractivity contribution in [3.63, 3.8) is 0 Å². The van der Waals surface area contributed by atoms with E-state index in [4.69, 9.17) is 4.74 Å². The Bertz CT molecular complexity index is 517. The van der Waals surface area contributed by atoms with Gasteiger partial charge in [0.1, 0.15) is 11.0 Å². The minimum Gasteiger partial charge on any atom is -0.380 e. The molecule has 21 heavy (non-hydrogen) atoms. The number of ether oxygens (including phenoxy) is 1. The molecule has 0 radical (unpaired) electrons. The highest BCUT2D eigenvalue weighted by Gasteiger charge is 2.29. The van der Waals surface area contributed by atoms with E-state index in [0.29, 0.717) is 36.0 Å². The molecular formula is C12H17BrF3N3O2. The van der Waals surface area contributed by atoms with Crippen LogP contribution in [0.1, 0.15) is 13.8 Å². The van der Waals surface area contributed by atoms with E-state index in [0.717, 1.165) is 0 Å². The van der Waals surface area contributed by atoms with E-state index < -0.39 is 18.3 Å². The number of nitrogens with one attached hydrogen (secondary N) is 1. The van der Waals surface area contributed by atoms with Gasteiger partial charge in [-0.15, -0.1) is 0 Å². The van der Waals surface area contributed by atoms with Crippen molar-refractivity contribution in [2.45, 2.75) is 26.6 Å². The summed E-state index contributed by atoms with van der Waals surface area (Å²) in [5.74, 6) is 0.421. The molecule has 1 rings (SSSR count). The highest BCUT2D eigenvalue weighted by molar-refractivity contribution is 9.10. The van der Waals surface area contributed by atoms with Crippen LogP contribution in [0.15, 0.2) is 15.5 Å². The van der Waals surface area contributed by atoms with Crippen LogP contribution in [0.25, 0.3) is 0 Å². The van der Waals surface area contributed by atoms with Gasteiger partial charge in [-0.1, -0.05) is 13.8 Å². The molecule has 0 fully saturated rings. The Morgan fingerprint density at radius 2 is 2.14 bits per heavy atom. The number of rotatable bonds is 7. The van der Waals surface area contributed by atoms with Crippen LogP contribution in [-0.4, -0.2) is 35.7 Å². The van der Waals surface area contributed by atoms with Gasteiger partial charge in [-0.05, 0) is 21.8 Å². The molecule has 0 unspecified atom stereocenters. The Morgan fingerprint density at radius 1 is 1.48 bits per heavy atom. The number of aromatic nitrogens is 2. The van der Waals surface area contributed by atoms with Crippen molar-refractivity contribution in [1.29, 1.82) is 0 Å². The molecule has 0 amide bonds. The van der Waals surface area contributed by atoms with Crippen LogP contribution in [0.3, 0.4) is 0 Å². The zero-order valence-electron chi connectivity index (χ0n) is 11.7. The molecule has 1 aromatic rings. The van der Waals surface area contributed by atoms with Gasteiger partial charge in [0.15, 0.2) is 0 Å². The number of halogens is 4. The zero-order chi connectivity index (χ0) is 16.0. The third-order valence-corrected chi connectivity index (χ3v) is 3.09. The van der Waals surface area contributed by atoms with Gasteiger partial charge in [-0.2, -0.15) is 18.3 Å². The van der Waals surface area contributed by atoms with Crippen LogP contribution in [0, 0.1) is 5.92 Å². The first-order valence-corrected chi connectivity index (χ1v) is 7.14. The second-order valence-electron chi connectivity index (χ2n) is 4.85. The van der Waals surface area contributed by atoms with E-state index in [1.54, 1.807) is 0 Å². The summed E-state index contributed by atoms with van der Waals surface area (Å²) in [7, 11) is 0. The highest BCUT2D eigenvalue weighted by atomic mass is 79.9. The second-order valence-corrected chi connectivity index (χ2v) is 5.64. The molecule has 0 saturated carbocycles. The van der Waals surface area contributed by atoms with E-state index in [9.17, 15) is 18.0 Å². The molecule has 0 spiro atoms. The lowest BCUT2D eigenvalue weighted by Gasteiger charge is -2.12. The monoisotopic (exact) mass is 371 g/mol. The average molecular weight is 372 g/mol.